The zero-order chi connectivity index (χ0) is 11.5. The minimum absolute atomic E-state index is 0.0783. The highest BCUT2D eigenvalue weighted by Gasteiger charge is 2.27. The van der Waals surface area contributed by atoms with Gasteiger partial charge in [-0.05, 0) is 0 Å². The van der Waals surface area contributed by atoms with Crippen LogP contribution in [-0.2, 0) is 0 Å². The van der Waals surface area contributed by atoms with Gasteiger partial charge < -0.3 is 14.6 Å². The smallest absolute Gasteiger partial charge is 0.276 e. The molecule has 1 fully saturated rings. The molecule has 0 spiro atoms. The first kappa shape index (κ1) is 10.7. The van der Waals surface area contributed by atoms with Crippen molar-refractivity contribution in [3.05, 3.63) is 18.0 Å². The number of amides is 1. The van der Waals surface area contributed by atoms with Gasteiger partial charge in [-0.2, -0.15) is 0 Å². The van der Waals surface area contributed by atoms with E-state index in [1.165, 1.54) is 6.26 Å². The number of rotatable bonds is 1. The number of likely N-dealkylation sites (tertiary alicyclic amines) is 1. The Morgan fingerprint density at radius 1 is 1.75 bits per heavy atom. The van der Waals surface area contributed by atoms with Crippen molar-refractivity contribution in [1.82, 2.24) is 10.1 Å². The molecule has 0 saturated carbocycles. The molecular formula is C10H13N3O3. The van der Waals surface area contributed by atoms with E-state index in [4.69, 9.17) is 5.21 Å². The van der Waals surface area contributed by atoms with Crippen molar-refractivity contribution in [2.75, 3.05) is 13.1 Å². The Morgan fingerprint density at radius 2 is 2.56 bits per heavy atom. The molecule has 86 valence electrons. The third kappa shape index (κ3) is 1.91. The summed E-state index contributed by atoms with van der Waals surface area (Å²) in [5.41, 5.74) is 1.06. The maximum atomic E-state index is 11.9. The van der Waals surface area contributed by atoms with E-state index in [1.54, 1.807) is 11.0 Å². The van der Waals surface area contributed by atoms with Crippen LogP contribution in [0.4, 0.5) is 0 Å². The van der Waals surface area contributed by atoms with Gasteiger partial charge in [0.2, 0.25) is 0 Å². The second kappa shape index (κ2) is 4.34. The number of hydrogen-bond acceptors (Lipinski definition) is 5. The second-order valence-corrected chi connectivity index (χ2v) is 3.88. The van der Waals surface area contributed by atoms with Gasteiger partial charge >= 0.3 is 0 Å². The summed E-state index contributed by atoms with van der Waals surface area (Å²) in [5, 5.41) is 15.6. The van der Waals surface area contributed by atoms with Crippen molar-refractivity contribution in [2.24, 2.45) is 11.1 Å². The third-order valence-corrected chi connectivity index (χ3v) is 2.77. The van der Waals surface area contributed by atoms with E-state index in [1.807, 2.05) is 6.92 Å². The predicted molar refractivity (Wildman–Crippen MR) is 55.4 cm³/mol. The van der Waals surface area contributed by atoms with Crippen molar-refractivity contribution in [2.45, 2.75) is 13.3 Å². The minimum atomic E-state index is -0.141. The molecule has 16 heavy (non-hydrogen) atoms. The van der Waals surface area contributed by atoms with Crippen LogP contribution in [0.2, 0.25) is 0 Å². The fourth-order valence-electron chi connectivity index (χ4n) is 1.84. The van der Waals surface area contributed by atoms with Gasteiger partial charge in [0, 0.05) is 31.5 Å². The standard InChI is InChI=1S/C10H13N3O3/c1-7-6-13(4-2-8(7)11-15)10(14)9-3-5-16-12-9/h3,5,7,15H,2,4,6H2,1H3/b11-8+. The van der Waals surface area contributed by atoms with E-state index in [2.05, 4.69) is 14.8 Å². The highest BCUT2D eigenvalue weighted by molar-refractivity contribution is 5.94. The van der Waals surface area contributed by atoms with Gasteiger partial charge in [0.05, 0.1) is 5.71 Å². The molecule has 0 bridgehead atoms. The topological polar surface area (TPSA) is 78.9 Å². The zero-order valence-electron chi connectivity index (χ0n) is 8.96. The first-order chi connectivity index (χ1) is 7.72. The number of hydrogen-bond donors (Lipinski definition) is 1. The van der Waals surface area contributed by atoms with E-state index in [9.17, 15) is 4.79 Å². The van der Waals surface area contributed by atoms with Crippen LogP contribution in [0.25, 0.3) is 0 Å². The summed E-state index contributed by atoms with van der Waals surface area (Å²) in [5.74, 6) is -0.0628. The second-order valence-electron chi connectivity index (χ2n) is 3.88. The van der Waals surface area contributed by atoms with Crippen molar-refractivity contribution >= 4 is 11.6 Å². The Morgan fingerprint density at radius 3 is 3.12 bits per heavy atom. The van der Waals surface area contributed by atoms with Crippen LogP contribution in [0, 0.1) is 5.92 Å². The summed E-state index contributed by atoms with van der Waals surface area (Å²) in [6.45, 7) is 3.03. The van der Waals surface area contributed by atoms with E-state index >= 15 is 0 Å². The normalized spacial score (nSPS) is 23.7. The quantitative estimate of drug-likeness (QED) is 0.568. The lowest BCUT2D eigenvalue weighted by Gasteiger charge is -2.30. The molecule has 2 heterocycles. The summed E-state index contributed by atoms with van der Waals surface area (Å²) in [6.07, 6.45) is 1.97. The first-order valence-corrected chi connectivity index (χ1v) is 5.13. The lowest BCUT2D eigenvalue weighted by Crippen LogP contribution is -2.43. The Hall–Kier alpha value is -1.85. The van der Waals surface area contributed by atoms with Gasteiger partial charge in [-0.15, -0.1) is 0 Å². The van der Waals surface area contributed by atoms with Crippen molar-refractivity contribution in [3.63, 3.8) is 0 Å². The van der Waals surface area contributed by atoms with Crippen molar-refractivity contribution in [3.8, 4) is 0 Å². The molecule has 6 heteroatoms. The SMILES string of the molecule is CC1CN(C(=O)c2ccon2)CC/C1=N\O. The van der Waals surface area contributed by atoms with Crippen LogP contribution < -0.4 is 0 Å². The Kier molecular flexibility index (Phi) is 2.89. The van der Waals surface area contributed by atoms with E-state index in [0.29, 0.717) is 25.2 Å². The van der Waals surface area contributed by atoms with Crippen molar-refractivity contribution < 1.29 is 14.5 Å². The Balaban J connectivity index is 2.06. The Bertz CT molecular complexity index is 399. The molecule has 0 radical (unpaired) electrons. The molecule has 1 saturated heterocycles. The van der Waals surface area contributed by atoms with Crippen LogP contribution in [0.3, 0.4) is 0 Å². The molecule has 1 N–H and O–H groups in total. The minimum Gasteiger partial charge on any atom is -0.411 e. The van der Waals surface area contributed by atoms with Crippen LogP contribution in [0.15, 0.2) is 22.0 Å². The molecular weight excluding hydrogens is 210 g/mol. The van der Waals surface area contributed by atoms with Gasteiger partial charge in [0.15, 0.2) is 5.69 Å². The summed E-state index contributed by atoms with van der Waals surface area (Å²) < 4.78 is 4.63. The maximum absolute atomic E-state index is 11.9. The molecule has 1 atom stereocenters. The molecule has 1 aliphatic heterocycles. The fraction of sp³-hybridized carbons (Fsp3) is 0.500. The predicted octanol–water partition coefficient (Wildman–Crippen LogP) is 0.987. The lowest BCUT2D eigenvalue weighted by atomic mass is 9.97. The van der Waals surface area contributed by atoms with Crippen molar-refractivity contribution in [1.29, 1.82) is 0 Å². The number of oxime groups is 1. The number of nitrogens with zero attached hydrogens (tertiary/aromatic N) is 3. The number of carbonyl (C=O) groups is 1. The maximum Gasteiger partial charge on any atom is 0.276 e. The first-order valence-electron chi connectivity index (χ1n) is 5.13. The third-order valence-electron chi connectivity index (χ3n) is 2.77. The molecule has 1 aliphatic rings. The van der Waals surface area contributed by atoms with Crippen LogP contribution >= 0.6 is 0 Å². The lowest BCUT2D eigenvalue weighted by molar-refractivity contribution is 0.0723. The van der Waals surface area contributed by atoms with Gasteiger partial charge in [-0.25, -0.2) is 0 Å². The highest BCUT2D eigenvalue weighted by atomic mass is 16.5. The van der Waals surface area contributed by atoms with Gasteiger partial charge in [-0.3, -0.25) is 4.79 Å². The summed E-state index contributed by atoms with van der Waals surface area (Å²) in [7, 11) is 0. The summed E-state index contributed by atoms with van der Waals surface area (Å²) in [6, 6.07) is 1.54. The molecule has 1 aromatic heterocycles. The fourth-order valence-corrected chi connectivity index (χ4v) is 1.84. The molecule has 2 rings (SSSR count). The largest absolute Gasteiger partial charge is 0.411 e. The van der Waals surface area contributed by atoms with E-state index in [-0.39, 0.29) is 11.8 Å². The van der Waals surface area contributed by atoms with Gasteiger partial charge in [0.25, 0.3) is 5.91 Å². The van der Waals surface area contributed by atoms with E-state index < -0.39 is 0 Å². The molecule has 1 aromatic rings. The number of piperidine rings is 1. The summed E-state index contributed by atoms with van der Waals surface area (Å²) >= 11 is 0. The molecule has 1 unspecified atom stereocenters. The molecule has 0 aliphatic carbocycles. The number of carbonyl (C=O) groups excluding carboxylic acids is 1. The Labute approximate surface area is 92.5 Å². The van der Waals surface area contributed by atoms with Crippen LogP contribution in [-0.4, -0.2) is 40.0 Å². The van der Waals surface area contributed by atoms with Gasteiger partial charge in [-0.1, -0.05) is 17.2 Å². The van der Waals surface area contributed by atoms with Gasteiger partial charge in [0.1, 0.15) is 6.26 Å². The molecule has 1 amide bonds. The monoisotopic (exact) mass is 223 g/mol. The average molecular weight is 223 g/mol. The van der Waals surface area contributed by atoms with Crippen LogP contribution in [0.1, 0.15) is 23.8 Å². The van der Waals surface area contributed by atoms with Crippen LogP contribution in [0.5, 0.6) is 0 Å². The van der Waals surface area contributed by atoms with E-state index in [0.717, 1.165) is 5.71 Å². The average Bonchev–Trinajstić information content (AvgIpc) is 2.81. The molecule has 6 nitrogen and oxygen atoms in total. The zero-order valence-corrected chi connectivity index (χ0v) is 8.96. The summed E-state index contributed by atoms with van der Waals surface area (Å²) in [4.78, 5) is 13.6. The molecule has 0 aromatic carbocycles. The number of aromatic nitrogens is 1. The highest BCUT2D eigenvalue weighted by Crippen LogP contribution is 2.15.